The van der Waals surface area contributed by atoms with Gasteiger partial charge in [-0.05, 0) is 28.1 Å². The highest BCUT2D eigenvalue weighted by molar-refractivity contribution is 6.33. The summed E-state index contributed by atoms with van der Waals surface area (Å²) in [7, 11) is 1.34. The van der Waals surface area contributed by atoms with Gasteiger partial charge in [-0.2, -0.15) is 28.4 Å². The van der Waals surface area contributed by atoms with Crippen molar-refractivity contribution in [3.05, 3.63) is 75.2 Å². The molecule has 146 valence electrons. The fourth-order valence-corrected chi connectivity index (χ4v) is 2.91. The summed E-state index contributed by atoms with van der Waals surface area (Å²) in [6.07, 6.45) is -4.83. The van der Waals surface area contributed by atoms with Crippen molar-refractivity contribution in [2.45, 2.75) is 6.18 Å². The minimum absolute atomic E-state index is 0.0660. The molecular weight excluding hydrogens is 399 g/mol. The van der Waals surface area contributed by atoms with Crippen molar-refractivity contribution in [2.24, 2.45) is 12.9 Å². The molecule has 0 spiro atoms. The Kier molecular flexibility index (Phi) is 5.25. The molecule has 0 aliphatic heterocycles. The van der Waals surface area contributed by atoms with Crippen molar-refractivity contribution in [2.75, 3.05) is 0 Å². The van der Waals surface area contributed by atoms with Crippen LogP contribution in [0.25, 0.3) is 17.0 Å². The monoisotopic (exact) mass is 411 g/mol. The summed E-state index contributed by atoms with van der Waals surface area (Å²) in [6.45, 7) is 0. The van der Waals surface area contributed by atoms with Crippen molar-refractivity contribution in [3.8, 4) is 5.69 Å². The topological polar surface area (TPSA) is 88.0 Å². The van der Waals surface area contributed by atoms with E-state index in [4.69, 9.17) is 17.5 Å². The largest absolute Gasteiger partial charge is 0.420 e. The average Bonchev–Trinajstić information content (AvgIpc) is 2.98. The summed E-state index contributed by atoms with van der Waals surface area (Å²) in [6, 6.07) is 11.1. The molecule has 1 heterocycles. The Labute approximate surface area is 161 Å². The number of alkyl halides is 3. The van der Waals surface area contributed by atoms with E-state index in [-0.39, 0.29) is 21.8 Å². The van der Waals surface area contributed by atoms with Gasteiger partial charge in [-0.1, -0.05) is 48.0 Å². The Morgan fingerprint density at radius 2 is 1.79 bits per heavy atom. The highest BCUT2D eigenvalue weighted by atomic mass is 35.5. The zero-order chi connectivity index (χ0) is 20.5. The van der Waals surface area contributed by atoms with Gasteiger partial charge in [-0.3, -0.25) is 0 Å². The molecule has 3 rings (SSSR count). The standard InChI is InChI=1S/C17H13ClF3N5O2/c1-25-16(27)26(24-23-25)12-9-5-8-11(18)13(12)15(28-22)14(17(19,20)21)10-6-3-2-4-7-10/h2-9H,22H2,1H3/b15-14-. The molecule has 2 N–H and O–H groups in total. The summed E-state index contributed by atoms with van der Waals surface area (Å²) in [4.78, 5) is 16.9. The van der Waals surface area contributed by atoms with Crippen molar-refractivity contribution >= 4 is 22.9 Å². The van der Waals surface area contributed by atoms with Gasteiger partial charge in [-0.15, -0.1) is 0 Å². The van der Waals surface area contributed by atoms with Gasteiger partial charge in [0.05, 0.1) is 16.3 Å². The number of aryl methyl sites for hydroxylation is 1. The number of benzene rings is 2. The summed E-state index contributed by atoms with van der Waals surface area (Å²) in [5, 5.41) is 7.10. The average molecular weight is 412 g/mol. The van der Waals surface area contributed by atoms with Gasteiger partial charge in [0.25, 0.3) is 0 Å². The van der Waals surface area contributed by atoms with Gasteiger partial charge >= 0.3 is 11.9 Å². The fourth-order valence-electron chi connectivity index (χ4n) is 2.65. The normalized spacial score (nSPS) is 12.6. The number of hydrogen-bond acceptors (Lipinski definition) is 5. The quantitative estimate of drug-likeness (QED) is 0.405. The third-order valence-electron chi connectivity index (χ3n) is 3.86. The molecule has 0 saturated heterocycles. The third kappa shape index (κ3) is 3.51. The van der Waals surface area contributed by atoms with Crippen LogP contribution in [0.2, 0.25) is 5.02 Å². The predicted octanol–water partition coefficient (Wildman–Crippen LogP) is 2.94. The summed E-state index contributed by atoms with van der Waals surface area (Å²) >= 11 is 6.19. The number of nitrogens with zero attached hydrogens (tertiary/aromatic N) is 4. The molecule has 3 aromatic rings. The van der Waals surface area contributed by atoms with Gasteiger partial charge in [0.1, 0.15) is 5.57 Å². The van der Waals surface area contributed by atoms with Gasteiger partial charge in [0.2, 0.25) is 0 Å². The summed E-state index contributed by atoms with van der Waals surface area (Å²) in [5.41, 5.74) is -2.34. The molecule has 0 bridgehead atoms. The first-order chi connectivity index (χ1) is 13.3. The van der Waals surface area contributed by atoms with Crippen molar-refractivity contribution in [1.82, 2.24) is 19.8 Å². The van der Waals surface area contributed by atoms with Gasteiger partial charge in [-0.25, -0.2) is 4.79 Å². The van der Waals surface area contributed by atoms with Crippen LogP contribution in [0.1, 0.15) is 11.1 Å². The SMILES string of the molecule is Cn1nnn(-c2cccc(Cl)c2/C(ON)=C(\c2ccccc2)C(F)(F)F)c1=O. The van der Waals surface area contributed by atoms with Gasteiger partial charge in [0.15, 0.2) is 5.76 Å². The van der Waals surface area contributed by atoms with E-state index < -0.39 is 23.2 Å². The minimum Gasteiger partial charge on any atom is -0.410 e. The molecule has 0 aliphatic carbocycles. The van der Waals surface area contributed by atoms with Crippen molar-refractivity contribution < 1.29 is 18.0 Å². The highest BCUT2D eigenvalue weighted by Crippen LogP contribution is 2.42. The Morgan fingerprint density at radius 3 is 2.32 bits per heavy atom. The van der Waals surface area contributed by atoms with Crippen LogP contribution in [0, 0.1) is 0 Å². The van der Waals surface area contributed by atoms with Crippen LogP contribution in [0.4, 0.5) is 13.2 Å². The van der Waals surface area contributed by atoms with Gasteiger partial charge < -0.3 is 4.84 Å². The number of rotatable bonds is 4. The second-order valence-electron chi connectivity index (χ2n) is 5.62. The number of hydrogen-bond donors (Lipinski definition) is 1. The number of halogens is 4. The van der Waals surface area contributed by atoms with E-state index in [2.05, 4.69) is 15.3 Å². The Hall–Kier alpha value is -3.11. The van der Waals surface area contributed by atoms with E-state index in [1.54, 1.807) is 6.07 Å². The van der Waals surface area contributed by atoms with Crippen LogP contribution in [0.15, 0.2) is 53.3 Å². The predicted molar refractivity (Wildman–Crippen MR) is 96.2 cm³/mol. The first-order valence-electron chi connectivity index (χ1n) is 7.77. The lowest BCUT2D eigenvalue weighted by Crippen LogP contribution is -2.24. The van der Waals surface area contributed by atoms with Gasteiger partial charge in [0, 0.05) is 7.05 Å². The Bertz CT molecular complexity index is 1090. The molecule has 1 aromatic heterocycles. The maximum Gasteiger partial charge on any atom is 0.420 e. The van der Waals surface area contributed by atoms with Crippen LogP contribution >= 0.6 is 11.6 Å². The van der Waals surface area contributed by atoms with Crippen LogP contribution in [-0.4, -0.2) is 26.0 Å². The lowest BCUT2D eigenvalue weighted by atomic mass is 9.99. The second-order valence-corrected chi connectivity index (χ2v) is 6.02. The molecule has 0 amide bonds. The van der Waals surface area contributed by atoms with E-state index in [1.165, 1.54) is 49.5 Å². The van der Waals surface area contributed by atoms with Crippen LogP contribution in [0.3, 0.4) is 0 Å². The van der Waals surface area contributed by atoms with E-state index in [1.807, 2.05) is 0 Å². The minimum atomic E-state index is -4.83. The molecule has 7 nitrogen and oxygen atoms in total. The zero-order valence-corrected chi connectivity index (χ0v) is 15.1. The lowest BCUT2D eigenvalue weighted by molar-refractivity contribution is -0.0695. The van der Waals surface area contributed by atoms with E-state index in [0.29, 0.717) is 0 Å². The molecule has 0 radical (unpaired) electrons. The van der Waals surface area contributed by atoms with Crippen molar-refractivity contribution in [1.29, 1.82) is 0 Å². The first-order valence-corrected chi connectivity index (χ1v) is 8.15. The van der Waals surface area contributed by atoms with E-state index in [0.717, 1.165) is 9.36 Å². The number of allylic oxidation sites excluding steroid dienone is 1. The third-order valence-corrected chi connectivity index (χ3v) is 4.17. The lowest BCUT2D eigenvalue weighted by Gasteiger charge is -2.19. The molecular formula is C17H13ClF3N5O2. The van der Waals surface area contributed by atoms with Crippen LogP contribution in [0.5, 0.6) is 0 Å². The van der Waals surface area contributed by atoms with E-state index >= 15 is 0 Å². The van der Waals surface area contributed by atoms with Crippen molar-refractivity contribution in [3.63, 3.8) is 0 Å². The zero-order valence-electron chi connectivity index (χ0n) is 14.3. The van der Waals surface area contributed by atoms with Crippen LogP contribution in [-0.2, 0) is 11.9 Å². The summed E-state index contributed by atoms with van der Waals surface area (Å²) in [5.74, 6) is 4.50. The molecule has 11 heteroatoms. The molecule has 0 aliphatic rings. The van der Waals surface area contributed by atoms with Crippen LogP contribution < -0.4 is 11.6 Å². The fraction of sp³-hybridized carbons (Fsp3) is 0.118. The number of tetrazole rings is 1. The molecule has 0 atom stereocenters. The van der Waals surface area contributed by atoms with E-state index in [9.17, 15) is 18.0 Å². The molecule has 28 heavy (non-hydrogen) atoms. The Balaban J connectivity index is 2.41. The molecule has 2 aromatic carbocycles. The number of nitrogens with two attached hydrogens (primary N) is 1. The Morgan fingerprint density at radius 1 is 1.11 bits per heavy atom. The second kappa shape index (κ2) is 7.49. The summed E-state index contributed by atoms with van der Waals surface area (Å²) < 4.78 is 43.5. The maximum atomic E-state index is 13.9. The smallest absolute Gasteiger partial charge is 0.410 e. The molecule has 0 fully saturated rings. The molecule has 0 saturated carbocycles. The maximum absolute atomic E-state index is 13.9. The molecule has 0 unspecified atom stereocenters. The highest BCUT2D eigenvalue weighted by Gasteiger charge is 2.40. The first kappa shape index (κ1) is 19.6. The number of aromatic nitrogens is 4.